The lowest BCUT2D eigenvalue weighted by Gasteiger charge is -2.04. The van der Waals surface area contributed by atoms with Crippen molar-refractivity contribution in [2.24, 2.45) is 7.05 Å². The number of nitrogens with zero attached hydrogens (tertiary/aromatic N) is 6. The van der Waals surface area contributed by atoms with Gasteiger partial charge < -0.3 is 5.32 Å². The Labute approximate surface area is 129 Å². The van der Waals surface area contributed by atoms with Gasteiger partial charge in [-0.3, -0.25) is 9.89 Å². The zero-order valence-electron chi connectivity index (χ0n) is 12.1. The van der Waals surface area contributed by atoms with E-state index in [2.05, 4.69) is 36.0 Å². The Morgan fingerprint density at radius 2 is 2.36 bits per heavy atom. The third-order valence-electron chi connectivity index (χ3n) is 3.03. The fraction of sp³-hybridized carbons (Fsp3) is 0.333. The van der Waals surface area contributed by atoms with Crippen molar-refractivity contribution >= 4 is 34.4 Å². The van der Waals surface area contributed by atoms with E-state index in [1.807, 2.05) is 13.0 Å². The predicted octanol–water partition coefficient (Wildman–Crippen LogP) is 0.911. The second kappa shape index (κ2) is 6.10. The fourth-order valence-corrected chi connectivity index (χ4v) is 2.68. The standard InChI is InChI=1S/C12H14N8OS/c1-7-9-5-8(6-13-11(9)16-15-7)14-10(21)3-4-22-12-17-18-19-20(12)2/h5-6H,3-4H2,1-2H3,(H,14,21)(H,13,15,16). The summed E-state index contributed by atoms with van der Waals surface area (Å²) in [7, 11) is 1.76. The van der Waals surface area contributed by atoms with Crippen molar-refractivity contribution in [1.82, 2.24) is 35.4 Å². The van der Waals surface area contributed by atoms with Gasteiger partial charge in [0.25, 0.3) is 0 Å². The van der Waals surface area contributed by atoms with Gasteiger partial charge in [-0.25, -0.2) is 9.67 Å². The first-order valence-corrected chi connectivity index (χ1v) is 7.58. The number of rotatable bonds is 5. The average molecular weight is 318 g/mol. The molecule has 0 aliphatic heterocycles. The summed E-state index contributed by atoms with van der Waals surface area (Å²) in [6, 6.07) is 1.86. The molecule has 3 aromatic rings. The molecule has 0 aliphatic rings. The Balaban J connectivity index is 1.56. The van der Waals surface area contributed by atoms with Crippen molar-refractivity contribution in [3.05, 3.63) is 18.0 Å². The Bertz CT molecular complexity index is 810. The number of pyridine rings is 1. The molecule has 3 heterocycles. The van der Waals surface area contributed by atoms with Crippen LogP contribution in [0.2, 0.25) is 0 Å². The van der Waals surface area contributed by atoms with Gasteiger partial charge in [-0.15, -0.1) is 5.10 Å². The highest BCUT2D eigenvalue weighted by Gasteiger charge is 2.08. The molecule has 22 heavy (non-hydrogen) atoms. The van der Waals surface area contributed by atoms with Crippen LogP contribution >= 0.6 is 11.8 Å². The van der Waals surface area contributed by atoms with E-state index in [1.54, 1.807) is 17.9 Å². The highest BCUT2D eigenvalue weighted by Crippen LogP contribution is 2.18. The number of anilines is 1. The van der Waals surface area contributed by atoms with Crippen LogP contribution in [0.4, 0.5) is 5.69 Å². The first-order valence-electron chi connectivity index (χ1n) is 6.59. The van der Waals surface area contributed by atoms with Gasteiger partial charge in [-0.1, -0.05) is 11.8 Å². The van der Waals surface area contributed by atoms with Crippen LogP contribution in [0.25, 0.3) is 11.0 Å². The van der Waals surface area contributed by atoms with Crippen LogP contribution in [0.1, 0.15) is 12.1 Å². The van der Waals surface area contributed by atoms with Gasteiger partial charge in [0.2, 0.25) is 11.1 Å². The first-order chi connectivity index (χ1) is 10.6. The van der Waals surface area contributed by atoms with Crippen LogP contribution in [0.5, 0.6) is 0 Å². The molecule has 0 saturated heterocycles. The van der Waals surface area contributed by atoms with Crippen LogP contribution in [-0.4, -0.2) is 47.0 Å². The van der Waals surface area contributed by atoms with E-state index in [9.17, 15) is 4.79 Å². The van der Waals surface area contributed by atoms with Gasteiger partial charge in [0.05, 0.1) is 11.9 Å². The molecular weight excluding hydrogens is 304 g/mol. The SMILES string of the molecule is Cc1[nH]nc2ncc(NC(=O)CCSc3nnnn3C)cc12. The summed E-state index contributed by atoms with van der Waals surface area (Å²) < 4.78 is 1.57. The second-order valence-corrected chi connectivity index (χ2v) is 5.74. The highest BCUT2D eigenvalue weighted by atomic mass is 32.2. The monoisotopic (exact) mass is 318 g/mol. The summed E-state index contributed by atoms with van der Waals surface area (Å²) >= 11 is 1.43. The lowest BCUT2D eigenvalue weighted by Crippen LogP contribution is -2.12. The predicted molar refractivity (Wildman–Crippen MR) is 81.4 cm³/mol. The largest absolute Gasteiger partial charge is 0.325 e. The van der Waals surface area contributed by atoms with Crippen molar-refractivity contribution in [2.75, 3.05) is 11.1 Å². The Morgan fingerprint density at radius 1 is 1.50 bits per heavy atom. The average Bonchev–Trinajstić information content (AvgIpc) is 3.06. The van der Waals surface area contributed by atoms with Crippen LogP contribution < -0.4 is 5.32 Å². The number of nitrogens with one attached hydrogen (secondary N) is 2. The Morgan fingerprint density at radius 3 is 3.14 bits per heavy atom. The minimum Gasteiger partial charge on any atom is -0.325 e. The van der Waals surface area contributed by atoms with Crippen molar-refractivity contribution in [1.29, 1.82) is 0 Å². The van der Waals surface area contributed by atoms with Crippen molar-refractivity contribution in [3.8, 4) is 0 Å². The molecule has 0 unspecified atom stereocenters. The Kier molecular flexibility index (Phi) is 4.00. The number of H-pyrrole nitrogens is 1. The molecule has 3 rings (SSSR count). The molecule has 0 saturated carbocycles. The van der Waals surface area contributed by atoms with Crippen molar-refractivity contribution in [2.45, 2.75) is 18.5 Å². The Hall–Kier alpha value is -2.49. The number of carbonyl (C=O) groups is 1. The van der Waals surface area contributed by atoms with E-state index in [0.29, 0.717) is 28.7 Å². The zero-order valence-corrected chi connectivity index (χ0v) is 12.9. The normalized spacial score (nSPS) is 11.0. The third kappa shape index (κ3) is 3.06. The molecule has 0 spiro atoms. The van der Waals surface area contributed by atoms with Gasteiger partial charge in [0.1, 0.15) is 0 Å². The lowest BCUT2D eigenvalue weighted by molar-refractivity contribution is -0.115. The molecular formula is C12H14N8OS. The molecule has 9 nitrogen and oxygen atoms in total. The molecule has 0 aliphatic carbocycles. The molecule has 3 aromatic heterocycles. The molecule has 0 radical (unpaired) electrons. The minimum absolute atomic E-state index is 0.0788. The number of amides is 1. The summed E-state index contributed by atoms with van der Waals surface area (Å²) in [5.41, 5.74) is 2.22. The second-order valence-electron chi connectivity index (χ2n) is 4.68. The lowest BCUT2D eigenvalue weighted by atomic mass is 10.2. The number of hydrogen-bond acceptors (Lipinski definition) is 7. The minimum atomic E-state index is -0.0788. The number of aryl methyl sites for hydroxylation is 2. The number of aromatic amines is 1. The summed E-state index contributed by atoms with van der Waals surface area (Å²) in [5.74, 6) is 0.519. The van der Waals surface area contributed by atoms with Gasteiger partial charge in [-0.05, 0) is 23.4 Å². The van der Waals surface area contributed by atoms with Crippen LogP contribution in [0, 0.1) is 6.92 Å². The van der Waals surface area contributed by atoms with E-state index < -0.39 is 0 Å². The molecule has 0 atom stereocenters. The molecule has 2 N–H and O–H groups in total. The smallest absolute Gasteiger partial charge is 0.225 e. The summed E-state index contributed by atoms with van der Waals surface area (Å²) in [4.78, 5) is 16.1. The number of carbonyl (C=O) groups excluding carboxylic acids is 1. The maximum atomic E-state index is 12.0. The van der Waals surface area contributed by atoms with Crippen LogP contribution in [0.3, 0.4) is 0 Å². The van der Waals surface area contributed by atoms with Crippen LogP contribution in [0.15, 0.2) is 17.4 Å². The quantitative estimate of drug-likeness (QED) is 0.672. The zero-order chi connectivity index (χ0) is 15.5. The molecule has 114 valence electrons. The number of fused-ring (bicyclic) bond motifs is 1. The third-order valence-corrected chi connectivity index (χ3v) is 4.04. The van der Waals surface area contributed by atoms with Crippen molar-refractivity contribution < 1.29 is 4.79 Å². The number of aromatic nitrogens is 7. The van der Waals surface area contributed by atoms with Crippen molar-refractivity contribution in [3.63, 3.8) is 0 Å². The first kappa shape index (κ1) is 14.4. The van der Waals surface area contributed by atoms with E-state index in [1.165, 1.54) is 11.8 Å². The molecule has 0 fully saturated rings. The van der Waals surface area contributed by atoms with Crippen LogP contribution in [-0.2, 0) is 11.8 Å². The highest BCUT2D eigenvalue weighted by molar-refractivity contribution is 7.99. The molecule has 10 heteroatoms. The van der Waals surface area contributed by atoms with Gasteiger partial charge in [0, 0.05) is 30.3 Å². The maximum Gasteiger partial charge on any atom is 0.225 e. The fourth-order valence-electron chi connectivity index (χ4n) is 1.89. The summed E-state index contributed by atoms with van der Waals surface area (Å²) in [6.45, 7) is 1.91. The molecule has 1 amide bonds. The summed E-state index contributed by atoms with van der Waals surface area (Å²) in [6.07, 6.45) is 1.96. The van der Waals surface area contributed by atoms with Gasteiger partial charge in [0.15, 0.2) is 5.65 Å². The number of hydrogen-bond donors (Lipinski definition) is 2. The number of tetrazole rings is 1. The topological polar surface area (TPSA) is 114 Å². The van der Waals surface area contributed by atoms with E-state index in [-0.39, 0.29) is 5.91 Å². The summed E-state index contributed by atoms with van der Waals surface area (Å²) in [5, 5.41) is 22.5. The maximum absolute atomic E-state index is 12.0. The van der Waals surface area contributed by atoms with E-state index in [4.69, 9.17) is 0 Å². The number of thioether (sulfide) groups is 1. The van der Waals surface area contributed by atoms with E-state index >= 15 is 0 Å². The molecule has 0 aromatic carbocycles. The van der Waals surface area contributed by atoms with Gasteiger partial charge in [-0.2, -0.15) is 5.10 Å². The van der Waals surface area contributed by atoms with Gasteiger partial charge >= 0.3 is 0 Å². The van der Waals surface area contributed by atoms with E-state index in [0.717, 1.165) is 11.1 Å². The molecule has 0 bridgehead atoms.